The van der Waals surface area contributed by atoms with Crippen LogP contribution in [0.2, 0.25) is 0 Å². The summed E-state index contributed by atoms with van der Waals surface area (Å²) in [6.45, 7) is 3.65. The van der Waals surface area contributed by atoms with E-state index in [9.17, 15) is 34.1 Å². The smallest absolute Gasteiger partial charge is 0.332 e. The van der Waals surface area contributed by atoms with E-state index >= 15 is 0 Å². The average molecular weight is 446 g/mol. The highest BCUT2D eigenvalue weighted by Gasteiger charge is 2.45. The molecule has 9 heteroatoms. The molecule has 0 radical (unpaired) electrons. The zero-order valence-electron chi connectivity index (χ0n) is 17.9. The first-order valence-electron chi connectivity index (χ1n) is 10.0. The van der Waals surface area contributed by atoms with Crippen LogP contribution in [-0.4, -0.2) is 50.8 Å². The molecule has 2 aromatic rings. The zero-order valence-corrected chi connectivity index (χ0v) is 17.9. The quantitative estimate of drug-likeness (QED) is 0.442. The lowest BCUT2D eigenvalue weighted by molar-refractivity contribution is -0.151. The van der Waals surface area contributed by atoms with Crippen LogP contribution in [0.3, 0.4) is 0 Å². The molecular formula is C23H27FN2O6. The van der Waals surface area contributed by atoms with Crippen LogP contribution in [0.1, 0.15) is 32.3 Å². The van der Waals surface area contributed by atoms with Gasteiger partial charge in [-0.15, -0.1) is 0 Å². The number of primary amides is 1. The molecule has 2 aromatic carbocycles. The number of benzene rings is 2. The van der Waals surface area contributed by atoms with Crippen molar-refractivity contribution in [1.29, 1.82) is 0 Å². The van der Waals surface area contributed by atoms with E-state index in [-0.39, 0.29) is 18.3 Å². The fourth-order valence-electron chi connectivity index (χ4n) is 3.77. The highest BCUT2D eigenvalue weighted by Crippen LogP contribution is 2.39. The second kappa shape index (κ2) is 10.2. The molecule has 8 nitrogen and oxygen atoms in total. The van der Waals surface area contributed by atoms with Crippen molar-refractivity contribution < 1.29 is 34.1 Å². The maximum Gasteiger partial charge on any atom is 0.332 e. The van der Waals surface area contributed by atoms with Crippen molar-refractivity contribution in [2.75, 3.05) is 6.54 Å². The number of aliphatic carboxylic acids is 2. The van der Waals surface area contributed by atoms with Gasteiger partial charge in [-0.3, -0.25) is 4.79 Å². The van der Waals surface area contributed by atoms with Crippen LogP contribution in [0.25, 0.3) is 11.1 Å². The van der Waals surface area contributed by atoms with Crippen LogP contribution in [0.4, 0.5) is 9.18 Å². The molecule has 2 amide bonds. The van der Waals surface area contributed by atoms with Crippen LogP contribution in [0, 0.1) is 11.7 Å². The molecule has 5 N–H and O–H groups in total. The molecule has 0 heterocycles. The summed E-state index contributed by atoms with van der Waals surface area (Å²) in [5.74, 6) is -3.34. The van der Waals surface area contributed by atoms with Crippen molar-refractivity contribution >= 4 is 18.0 Å². The summed E-state index contributed by atoms with van der Waals surface area (Å²) < 4.78 is 13.2. The zero-order chi connectivity index (χ0) is 24.1. The largest absolute Gasteiger partial charge is 0.481 e. The van der Waals surface area contributed by atoms with Gasteiger partial charge in [0.15, 0.2) is 6.10 Å². The Labute approximate surface area is 185 Å². The Morgan fingerprint density at radius 2 is 1.50 bits per heavy atom. The second-order valence-corrected chi connectivity index (χ2v) is 8.09. The molecule has 32 heavy (non-hydrogen) atoms. The van der Waals surface area contributed by atoms with E-state index < -0.39 is 42.5 Å². The molecule has 2 atom stereocenters. The summed E-state index contributed by atoms with van der Waals surface area (Å²) in [7, 11) is 0. The number of urea groups is 1. The van der Waals surface area contributed by atoms with Gasteiger partial charge in [-0.2, -0.15) is 0 Å². The number of nitrogens with zero attached hydrogens (tertiary/aromatic N) is 1. The number of hydrogen-bond acceptors (Lipinski definition) is 4. The Morgan fingerprint density at radius 3 is 1.91 bits per heavy atom. The fraction of sp³-hybridized carbons (Fsp3) is 0.348. The normalized spacial score (nSPS) is 13.9. The molecular weight excluding hydrogens is 419 g/mol. The van der Waals surface area contributed by atoms with Gasteiger partial charge in [0.1, 0.15) is 5.82 Å². The number of amides is 2. The highest BCUT2D eigenvalue weighted by molar-refractivity contribution is 5.78. The van der Waals surface area contributed by atoms with Crippen molar-refractivity contribution in [2.24, 2.45) is 11.7 Å². The first kappa shape index (κ1) is 24.8. The van der Waals surface area contributed by atoms with Crippen molar-refractivity contribution in [3.05, 3.63) is 59.9 Å². The third kappa shape index (κ3) is 5.82. The predicted octanol–water partition coefficient (Wildman–Crippen LogP) is 3.04. The van der Waals surface area contributed by atoms with Gasteiger partial charge in [-0.1, -0.05) is 50.2 Å². The molecule has 0 bridgehead atoms. The molecule has 2 rings (SSSR count). The van der Waals surface area contributed by atoms with Crippen LogP contribution in [-0.2, 0) is 15.1 Å². The molecule has 0 fully saturated rings. The summed E-state index contributed by atoms with van der Waals surface area (Å²) in [5, 5.41) is 29.1. The molecule has 0 saturated heterocycles. The Bertz CT molecular complexity index is 961. The Balaban J connectivity index is 2.65. The van der Waals surface area contributed by atoms with Crippen molar-refractivity contribution in [1.82, 2.24) is 4.90 Å². The summed E-state index contributed by atoms with van der Waals surface area (Å²) >= 11 is 0. The minimum Gasteiger partial charge on any atom is -0.481 e. The van der Waals surface area contributed by atoms with Crippen LogP contribution < -0.4 is 5.73 Å². The number of halogens is 1. The van der Waals surface area contributed by atoms with Gasteiger partial charge >= 0.3 is 18.0 Å². The molecule has 2 unspecified atom stereocenters. The molecule has 0 aliphatic carbocycles. The third-order valence-electron chi connectivity index (χ3n) is 5.19. The lowest BCUT2D eigenvalue weighted by Gasteiger charge is -2.44. The number of hydrogen-bond donors (Lipinski definition) is 4. The third-order valence-corrected chi connectivity index (χ3v) is 5.19. The van der Waals surface area contributed by atoms with E-state index in [0.717, 1.165) is 4.90 Å². The summed E-state index contributed by atoms with van der Waals surface area (Å²) in [6.07, 6.45) is -3.16. The monoisotopic (exact) mass is 446 g/mol. The Morgan fingerprint density at radius 1 is 1.00 bits per heavy atom. The van der Waals surface area contributed by atoms with E-state index in [1.165, 1.54) is 12.1 Å². The van der Waals surface area contributed by atoms with Crippen molar-refractivity contribution in [3.63, 3.8) is 0 Å². The molecule has 0 aliphatic rings. The van der Waals surface area contributed by atoms with Gasteiger partial charge in [0.25, 0.3) is 0 Å². The van der Waals surface area contributed by atoms with Gasteiger partial charge < -0.3 is 26.0 Å². The predicted molar refractivity (Wildman–Crippen MR) is 115 cm³/mol. The maximum atomic E-state index is 13.2. The Kier molecular flexibility index (Phi) is 7.93. The van der Waals surface area contributed by atoms with Crippen LogP contribution in [0.15, 0.2) is 48.5 Å². The number of carboxylic acids is 2. The number of aliphatic hydroxyl groups is 1. The highest BCUT2D eigenvalue weighted by atomic mass is 19.1. The molecule has 0 spiro atoms. The van der Waals surface area contributed by atoms with Crippen molar-refractivity contribution in [2.45, 2.75) is 38.3 Å². The lowest BCUT2D eigenvalue weighted by atomic mass is 9.79. The molecule has 0 saturated carbocycles. The van der Waals surface area contributed by atoms with E-state index in [0.29, 0.717) is 16.7 Å². The van der Waals surface area contributed by atoms with Crippen molar-refractivity contribution in [3.8, 4) is 11.1 Å². The number of carbonyl (C=O) groups excluding carboxylic acids is 1. The van der Waals surface area contributed by atoms with E-state index in [1.54, 1.807) is 50.2 Å². The number of carbonyl (C=O) groups is 3. The second-order valence-electron chi connectivity index (χ2n) is 8.09. The minimum absolute atomic E-state index is 0.0503. The van der Waals surface area contributed by atoms with Gasteiger partial charge in [0.05, 0.1) is 12.0 Å². The number of carboxylic acid groups (broad SMARTS) is 2. The van der Waals surface area contributed by atoms with Crippen LogP contribution in [0.5, 0.6) is 0 Å². The Hall–Kier alpha value is -3.46. The molecule has 0 aromatic heterocycles. The number of nitrogens with two attached hydrogens (primary N) is 1. The topological polar surface area (TPSA) is 141 Å². The summed E-state index contributed by atoms with van der Waals surface area (Å²) in [6, 6.07) is 11.3. The SMILES string of the molecule is CC(C)CN(C(N)=O)C(CC(=O)O)(CC(O)C(=O)O)c1ccc(-c2ccc(F)cc2)cc1. The van der Waals surface area contributed by atoms with Gasteiger partial charge in [-0.05, 0) is 34.7 Å². The lowest BCUT2D eigenvalue weighted by Crippen LogP contribution is -2.56. The van der Waals surface area contributed by atoms with E-state index in [2.05, 4.69) is 0 Å². The number of aliphatic hydroxyl groups excluding tert-OH is 1. The maximum absolute atomic E-state index is 13.2. The van der Waals surface area contributed by atoms with Gasteiger partial charge in [0, 0.05) is 13.0 Å². The average Bonchev–Trinajstić information content (AvgIpc) is 2.71. The first-order chi connectivity index (χ1) is 15.0. The van der Waals surface area contributed by atoms with E-state index in [4.69, 9.17) is 5.73 Å². The summed E-state index contributed by atoms with van der Waals surface area (Å²) in [5.41, 5.74) is 5.61. The molecule has 0 aliphatic heterocycles. The standard InChI is InChI=1S/C23H27FN2O6/c1-14(2)13-26(22(25)32)23(12-20(28)29,11-19(27)21(30)31)17-7-3-15(4-8-17)16-5-9-18(24)10-6-16/h3-10,14,19,27H,11-13H2,1-2H3,(H2,25,32)(H,28,29)(H,30,31). The summed E-state index contributed by atoms with van der Waals surface area (Å²) in [4.78, 5) is 36.8. The van der Waals surface area contributed by atoms with E-state index in [1.807, 2.05) is 0 Å². The molecule has 172 valence electrons. The van der Waals surface area contributed by atoms with Gasteiger partial charge in [0.2, 0.25) is 0 Å². The number of rotatable bonds is 10. The first-order valence-corrected chi connectivity index (χ1v) is 10.0. The fourth-order valence-corrected chi connectivity index (χ4v) is 3.77. The minimum atomic E-state index is -1.93. The van der Waals surface area contributed by atoms with Crippen LogP contribution >= 0.6 is 0 Å². The van der Waals surface area contributed by atoms with Gasteiger partial charge in [-0.25, -0.2) is 14.0 Å².